The highest BCUT2D eigenvalue weighted by atomic mass is 35.5. The Morgan fingerprint density at radius 2 is 1.91 bits per heavy atom. The fourth-order valence-electron chi connectivity index (χ4n) is 2.05. The van der Waals surface area contributed by atoms with E-state index in [1.54, 1.807) is 18.3 Å². The van der Waals surface area contributed by atoms with Crippen LogP contribution in [0, 0.1) is 0 Å². The SMILES string of the molecule is CCN(CC(=O)NC(C)C)c1cnc2cc(Cl)c(Cl)cc2n1. The summed E-state index contributed by atoms with van der Waals surface area (Å²) in [6, 6.07) is 3.46. The van der Waals surface area contributed by atoms with Crippen LogP contribution in [0.5, 0.6) is 0 Å². The number of carbonyl (C=O) groups is 1. The van der Waals surface area contributed by atoms with Crippen LogP contribution in [0.25, 0.3) is 11.0 Å². The predicted molar refractivity (Wildman–Crippen MR) is 90.7 cm³/mol. The summed E-state index contributed by atoms with van der Waals surface area (Å²) in [5.74, 6) is 0.584. The van der Waals surface area contributed by atoms with Crippen molar-refractivity contribution in [3.8, 4) is 0 Å². The molecule has 1 amide bonds. The first kappa shape index (κ1) is 16.8. The molecular formula is C15H18Cl2N4O. The van der Waals surface area contributed by atoms with Crippen LogP contribution in [0.3, 0.4) is 0 Å². The highest BCUT2D eigenvalue weighted by Gasteiger charge is 2.13. The molecule has 0 saturated carbocycles. The Hall–Kier alpha value is -1.59. The van der Waals surface area contributed by atoms with E-state index in [0.717, 1.165) is 0 Å². The van der Waals surface area contributed by atoms with Gasteiger partial charge in [-0.25, -0.2) is 4.98 Å². The van der Waals surface area contributed by atoms with Crippen molar-refractivity contribution in [2.24, 2.45) is 0 Å². The van der Waals surface area contributed by atoms with Crippen molar-refractivity contribution in [1.82, 2.24) is 15.3 Å². The number of nitrogens with zero attached hydrogens (tertiary/aromatic N) is 3. The minimum atomic E-state index is -0.0483. The van der Waals surface area contributed by atoms with Crippen LogP contribution in [0.1, 0.15) is 20.8 Å². The molecule has 0 fully saturated rings. The minimum absolute atomic E-state index is 0.0483. The van der Waals surface area contributed by atoms with Crippen LogP contribution < -0.4 is 10.2 Å². The Kier molecular flexibility index (Phi) is 5.42. The first-order valence-corrected chi connectivity index (χ1v) is 7.82. The number of carbonyl (C=O) groups excluding carboxylic acids is 1. The lowest BCUT2D eigenvalue weighted by Gasteiger charge is -2.22. The maximum atomic E-state index is 11.9. The number of anilines is 1. The quantitative estimate of drug-likeness (QED) is 0.907. The number of hydrogen-bond acceptors (Lipinski definition) is 4. The Balaban J connectivity index is 2.27. The van der Waals surface area contributed by atoms with Gasteiger partial charge in [-0.15, -0.1) is 0 Å². The molecule has 5 nitrogen and oxygen atoms in total. The zero-order valence-corrected chi connectivity index (χ0v) is 14.2. The van der Waals surface area contributed by atoms with Gasteiger partial charge in [0.15, 0.2) is 0 Å². The standard InChI is InChI=1S/C15H18Cl2N4O/c1-4-21(8-15(22)19-9(2)3)14-7-18-12-5-10(16)11(17)6-13(12)20-14/h5-7,9H,4,8H2,1-3H3,(H,19,22). The summed E-state index contributed by atoms with van der Waals surface area (Å²) >= 11 is 12.0. The van der Waals surface area contributed by atoms with Crippen molar-refractivity contribution >= 4 is 46.0 Å². The van der Waals surface area contributed by atoms with E-state index in [1.165, 1.54) is 0 Å². The number of rotatable bonds is 5. The van der Waals surface area contributed by atoms with Gasteiger partial charge in [0.25, 0.3) is 0 Å². The molecule has 0 aliphatic heterocycles. The van der Waals surface area contributed by atoms with Gasteiger partial charge < -0.3 is 10.2 Å². The molecule has 2 rings (SSSR count). The maximum Gasteiger partial charge on any atom is 0.239 e. The van der Waals surface area contributed by atoms with E-state index < -0.39 is 0 Å². The average Bonchev–Trinajstić information content (AvgIpc) is 2.45. The van der Waals surface area contributed by atoms with E-state index in [9.17, 15) is 4.79 Å². The molecule has 2 aromatic rings. The number of fused-ring (bicyclic) bond motifs is 1. The second-order valence-corrected chi connectivity index (χ2v) is 6.03. The van der Waals surface area contributed by atoms with Gasteiger partial charge in [-0.3, -0.25) is 9.78 Å². The normalized spacial score (nSPS) is 11.0. The van der Waals surface area contributed by atoms with Crippen LogP contribution in [-0.2, 0) is 4.79 Å². The number of aromatic nitrogens is 2. The smallest absolute Gasteiger partial charge is 0.239 e. The average molecular weight is 341 g/mol. The molecule has 0 unspecified atom stereocenters. The summed E-state index contributed by atoms with van der Waals surface area (Å²) < 4.78 is 0. The number of likely N-dealkylation sites (N-methyl/N-ethyl adjacent to an activating group) is 1. The predicted octanol–water partition coefficient (Wildman–Crippen LogP) is 3.29. The van der Waals surface area contributed by atoms with E-state index in [0.29, 0.717) is 33.4 Å². The number of halogens is 2. The lowest BCUT2D eigenvalue weighted by Crippen LogP contribution is -2.40. The van der Waals surface area contributed by atoms with Crippen LogP contribution in [0.15, 0.2) is 18.3 Å². The molecule has 0 aliphatic rings. The third-order valence-corrected chi connectivity index (χ3v) is 3.78. The fourth-order valence-corrected chi connectivity index (χ4v) is 2.36. The molecule has 1 heterocycles. The molecule has 118 valence electrons. The second-order valence-electron chi connectivity index (χ2n) is 5.22. The summed E-state index contributed by atoms with van der Waals surface area (Å²) in [6.07, 6.45) is 1.64. The van der Waals surface area contributed by atoms with E-state index >= 15 is 0 Å². The van der Waals surface area contributed by atoms with Gasteiger partial charge in [-0.2, -0.15) is 0 Å². The number of amides is 1. The van der Waals surface area contributed by atoms with Crippen molar-refractivity contribution in [2.45, 2.75) is 26.8 Å². The highest BCUT2D eigenvalue weighted by Crippen LogP contribution is 2.26. The van der Waals surface area contributed by atoms with Crippen LogP contribution >= 0.6 is 23.2 Å². The lowest BCUT2D eigenvalue weighted by molar-refractivity contribution is -0.120. The molecule has 1 aromatic carbocycles. The zero-order chi connectivity index (χ0) is 16.3. The molecule has 0 spiro atoms. The molecule has 7 heteroatoms. The van der Waals surface area contributed by atoms with Crippen LogP contribution in [0.2, 0.25) is 10.0 Å². The molecule has 0 atom stereocenters. The molecule has 0 radical (unpaired) electrons. The molecule has 0 saturated heterocycles. The molecule has 0 bridgehead atoms. The molecule has 1 aromatic heterocycles. The Morgan fingerprint density at radius 1 is 1.27 bits per heavy atom. The first-order chi connectivity index (χ1) is 10.4. The van der Waals surface area contributed by atoms with Gasteiger partial charge in [0, 0.05) is 12.6 Å². The summed E-state index contributed by atoms with van der Waals surface area (Å²) in [4.78, 5) is 22.6. The fraction of sp³-hybridized carbons (Fsp3) is 0.400. The van der Waals surface area contributed by atoms with E-state index in [4.69, 9.17) is 23.2 Å². The van der Waals surface area contributed by atoms with Gasteiger partial charge in [0.05, 0.1) is 33.8 Å². The number of benzene rings is 1. The number of nitrogens with one attached hydrogen (secondary N) is 1. The van der Waals surface area contributed by atoms with Crippen molar-refractivity contribution in [2.75, 3.05) is 18.0 Å². The zero-order valence-electron chi connectivity index (χ0n) is 12.7. The van der Waals surface area contributed by atoms with Gasteiger partial charge in [0.2, 0.25) is 5.91 Å². The van der Waals surface area contributed by atoms with Gasteiger partial charge in [-0.05, 0) is 32.9 Å². The molecule has 22 heavy (non-hydrogen) atoms. The van der Waals surface area contributed by atoms with Crippen molar-refractivity contribution < 1.29 is 4.79 Å². The third-order valence-electron chi connectivity index (χ3n) is 3.06. The molecule has 1 N–H and O–H groups in total. The Morgan fingerprint density at radius 3 is 2.50 bits per heavy atom. The van der Waals surface area contributed by atoms with Crippen molar-refractivity contribution in [3.05, 3.63) is 28.4 Å². The summed E-state index contributed by atoms with van der Waals surface area (Å²) in [6.45, 7) is 6.69. The van der Waals surface area contributed by atoms with E-state index in [2.05, 4.69) is 15.3 Å². The Labute approximate surface area is 139 Å². The van der Waals surface area contributed by atoms with Crippen LogP contribution in [-0.4, -0.2) is 35.0 Å². The highest BCUT2D eigenvalue weighted by molar-refractivity contribution is 6.42. The minimum Gasteiger partial charge on any atom is -0.352 e. The van der Waals surface area contributed by atoms with E-state index in [1.807, 2.05) is 25.7 Å². The topological polar surface area (TPSA) is 58.1 Å². The monoisotopic (exact) mass is 340 g/mol. The number of hydrogen-bond donors (Lipinski definition) is 1. The largest absolute Gasteiger partial charge is 0.352 e. The lowest BCUT2D eigenvalue weighted by atomic mass is 10.3. The van der Waals surface area contributed by atoms with Crippen LogP contribution in [0.4, 0.5) is 5.82 Å². The molecule has 0 aliphatic carbocycles. The third kappa shape index (κ3) is 3.99. The second kappa shape index (κ2) is 7.11. The summed E-state index contributed by atoms with van der Waals surface area (Å²) in [7, 11) is 0. The molecular weight excluding hydrogens is 323 g/mol. The van der Waals surface area contributed by atoms with Gasteiger partial charge in [-0.1, -0.05) is 23.2 Å². The van der Waals surface area contributed by atoms with Gasteiger partial charge in [0.1, 0.15) is 5.82 Å². The van der Waals surface area contributed by atoms with Crippen molar-refractivity contribution in [3.63, 3.8) is 0 Å². The van der Waals surface area contributed by atoms with E-state index in [-0.39, 0.29) is 18.5 Å². The summed E-state index contributed by atoms with van der Waals surface area (Å²) in [5, 5.41) is 3.74. The summed E-state index contributed by atoms with van der Waals surface area (Å²) in [5.41, 5.74) is 1.32. The van der Waals surface area contributed by atoms with Gasteiger partial charge >= 0.3 is 0 Å². The van der Waals surface area contributed by atoms with Crippen molar-refractivity contribution in [1.29, 1.82) is 0 Å². The Bertz CT molecular complexity index is 691. The maximum absolute atomic E-state index is 11.9. The first-order valence-electron chi connectivity index (χ1n) is 7.06.